The fraction of sp³-hybridized carbons (Fsp3) is 0.268. The van der Waals surface area contributed by atoms with Gasteiger partial charge in [0.05, 0.1) is 18.5 Å². The van der Waals surface area contributed by atoms with Gasteiger partial charge in [-0.1, -0.05) is 35.9 Å². The third kappa shape index (κ3) is 10.4. The number of ether oxygens (including phenoxy) is 1. The van der Waals surface area contributed by atoms with Crippen molar-refractivity contribution >= 4 is 64.6 Å². The molecular weight excluding hydrogens is 1010 g/mol. The van der Waals surface area contributed by atoms with E-state index < -0.39 is 88.0 Å². The number of piperazine rings is 2. The highest BCUT2D eigenvalue weighted by Gasteiger charge is 2.40. The largest absolute Gasteiger partial charge is 0.497 e. The zero-order valence-electron chi connectivity index (χ0n) is 34.4. The molecule has 4 aromatic carbocycles. The molecule has 11 nitrogen and oxygen atoms in total. The molecule has 2 aromatic heterocycles. The molecule has 0 saturated carbocycles. The molecule has 358 valence electrons. The molecule has 0 unspecified atom stereocenters. The number of aromatic nitrogens is 2. The van der Waals surface area contributed by atoms with Gasteiger partial charge in [-0.2, -0.15) is 8.61 Å². The number of nitrogens with zero attached hydrogens (tertiary/aromatic N) is 6. The van der Waals surface area contributed by atoms with Crippen LogP contribution in [0.5, 0.6) is 5.75 Å². The molecule has 0 N–H and O–H groups in total. The molecule has 2 saturated heterocycles. The van der Waals surface area contributed by atoms with Crippen LogP contribution in [0.4, 0.5) is 54.2 Å². The number of hydrogen-bond donors (Lipinski definition) is 0. The van der Waals surface area contributed by atoms with Crippen LogP contribution in [0.25, 0.3) is 0 Å². The van der Waals surface area contributed by atoms with Gasteiger partial charge in [0.25, 0.3) is 0 Å². The predicted octanol–water partition coefficient (Wildman–Crippen LogP) is 8.54. The lowest BCUT2D eigenvalue weighted by atomic mass is 10.1. The van der Waals surface area contributed by atoms with Crippen LogP contribution in [0.3, 0.4) is 0 Å². The van der Waals surface area contributed by atoms with E-state index in [0.29, 0.717) is 36.7 Å². The molecular formula is C41H33ClF10N6O5S4. The minimum absolute atomic E-state index is 0.128. The number of methoxy groups -OCH3 is 1. The van der Waals surface area contributed by atoms with Gasteiger partial charge in [0, 0.05) is 81.0 Å². The average Bonchev–Trinajstić information content (AvgIpc) is 4.00. The molecule has 2 fully saturated rings. The van der Waals surface area contributed by atoms with Crippen LogP contribution >= 0.6 is 34.3 Å². The normalized spacial score (nSPS) is 15.2. The summed E-state index contributed by atoms with van der Waals surface area (Å²) in [6, 6.07) is 14.8. The van der Waals surface area contributed by atoms with Crippen LogP contribution in [0, 0.1) is 58.2 Å². The summed E-state index contributed by atoms with van der Waals surface area (Å²) in [6.07, 6.45) is 1.15. The van der Waals surface area contributed by atoms with Crippen molar-refractivity contribution in [1.82, 2.24) is 18.6 Å². The van der Waals surface area contributed by atoms with Crippen LogP contribution in [-0.4, -0.2) is 94.9 Å². The maximum atomic E-state index is 14.1. The standard InChI is InChI=1S/C21H18F5N3O3S2.C20H15ClF5N3O2S2/c1-32-14-4-2-12(3-5-14)10-13-11-33-21(27-13)28-6-8-29(9-7-28)34(30,31)20-18(25)16(23)15(22)17(24)19(20)26;21-12-3-1-11(2-4-12)9-13-10-32-20(27-13)28-5-7-29(8-6-28)33(30,31)19-17(25)15(23)14(22)16(24)18(19)26/h2-5,11H,6-10H2,1H3;1-4,10H,5-9H2. The van der Waals surface area contributed by atoms with Crippen LogP contribution in [0.1, 0.15) is 22.5 Å². The molecule has 0 atom stereocenters. The molecule has 0 spiro atoms. The molecule has 8 rings (SSSR count). The van der Waals surface area contributed by atoms with E-state index in [-0.39, 0.29) is 52.4 Å². The Bertz CT molecular complexity index is 2950. The Kier molecular flexibility index (Phi) is 15.1. The van der Waals surface area contributed by atoms with Crippen molar-refractivity contribution in [3.63, 3.8) is 0 Å². The Morgan fingerprint density at radius 3 is 1.15 bits per heavy atom. The van der Waals surface area contributed by atoms with E-state index >= 15 is 0 Å². The monoisotopic (exact) mass is 1040 g/mol. The van der Waals surface area contributed by atoms with Gasteiger partial charge in [0.2, 0.25) is 31.7 Å². The van der Waals surface area contributed by atoms with Crippen LogP contribution in [0.2, 0.25) is 5.02 Å². The minimum Gasteiger partial charge on any atom is -0.497 e. The summed E-state index contributed by atoms with van der Waals surface area (Å²) in [7, 11) is -8.32. The van der Waals surface area contributed by atoms with Gasteiger partial charge >= 0.3 is 0 Å². The Labute approximate surface area is 389 Å². The zero-order chi connectivity index (χ0) is 48.5. The maximum absolute atomic E-state index is 14.1. The Morgan fingerprint density at radius 1 is 0.507 bits per heavy atom. The molecule has 67 heavy (non-hydrogen) atoms. The van der Waals surface area contributed by atoms with Crippen LogP contribution in [0.15, 0.2) is 69.1 Å². The van der Waals surface area contributed by atoms with Gasteiger partial charge in [-0.3, -0.25) is 0 Å². The van der Waals surface area contributed by atoms with Crippen molar-refractivity contribution in [3.8, 4) is 5.75 Å². The van der Waals surface area contributed by atoms with Gasteiger partial charge < -0.3 is 14.5 Å². The number of halogens is 11. The summed E-state index contributed by atoms with van der Waals surface area (Å²) >= 11 is 8.59. The van der Waals surface area contributed by atoms with E-state index in [1.54, 1.807) is 29.0 Å². The first-order valence-electron chi connectivity index (χ1n) is 19.5. The lowest BCUT2D eigenvalue weighted by Crippen LogP contribution is -2.49. The molecule has 26 heteroatoms. The van der Waals surface area contributed by atoms with E-state index in [0.717, 1.165) is 28.3 Å². The first-order chi connectivity index (χ1) is 31.7. The smallest absolute Gasteiger partial charge is 0.249 e. The van der Waals surface area contributed by atoms with E-state index in [4.69, 9.17) is 16.3 Å². The highest BCUT2D eigenvalue weighted by atomic mass is 35.5. The van der Waals surface area contributed by atoms with Gasteiger partial charge in [-0.25, -0.2) is 70.7 Å². The number of hydrogen-bond acceptors (Lipinski definition) is 11. The number of thiazole rings is 2. The summed E-state index contributed by atoms with van der Waals surface area (Å²) in [5, 5.41) is 5.62. The van der Waals surface area contributed by atoms with Crippen molar-refractivity contribution in [2.75, 3.05) is 69.3 Å². The van der Waals surface area contributed by atoms with Crippen molar-refractivity contribution in [2.45, 2.75) is 22.6 Å². The Morgan fingerprint density at radius 2 is 0.821 bits per heavy atom. The van der Waals surface area contributed by atoms with Crippen molar-refractivity contribution in [1.29, 1.82) is 0 Å². The first-order valence-corrected chi connectivity index (χ1v) is 24.5. The van der Waals surface area contributed by atoms with Crippen molar-refractivity contribution in [2.24, 2.45) is 0 Å². The molecule has 0 aliphatic carbocycles. The van der Waals surface area contributed by atoms with Crippen LogP contribution in [-0.2, 0) is 32.9 Å². The molecule has 0 radical (unpaired) electrons. The Balaban J connectivity index is 0.000000199. The third-order valence-electron chi connectivity index (χ3n) is 10.5. The second-order valence-corrected chi connectivity index (χ2v) is 20.5. The summed E-state index contributed by atoms with van der Waals surface area (Å²) in [4.78, 5) is 9.01. The summed E-state index contributed by atoms with van der Waals surface area (Å²) in [6.45, 7) is -0.342. The average molecular weight is 1040 g/mol. The maximum Gasteiger partial charge on any atom is 0.249 e. The molecule has 2 aliphatic heterocycles. The van der Waals surface area contributed by atoms with Gasteiger partial charge in [0.15, 0.2) is 66.6 Å². The highest BCUT2D eigenvalue weighted by molar-refractivity contribution is 7.89. The van der Waals surface area contributed by atoms with Crippen molar-refractivity contribution < 1.29 is 65.5 Å². The van der Waals surface area contributed by atoms with E-state index in [2.05, 4.69) is 9.97 Å². The molecule has 2 aliphatic rings. The lowest BCUT2D eigenvalue weighted by Gasteiger charge is -2.33. The number of sulfonamides is 2. The van der Waals surface area contributed by atoms with E-state index in [1.807, 2.05) is 47.2 Å². The predicted molar refractivity (Wildman–Crippen MR) is 229 cm³/mol. The zero-order valence-corrected chi connectivity index (χ0v) is 38.4. The van der Waals surface area contributed by atoms with Crippen LogP contribution < -0.4 is 14.5 Å². The van der Waals surface area contributed by atoms with Gasteiger partial charge in [0.1, 0.15) is 5.75 Å². The third-order valence-corrected chi connectivity index (χ3v) is 16.5. The molecule has 0 amide bonds. The topological polar surface area (TPSA) is 116 Å². The molecule has 6 aromatic rings. The quantitative estimate of drug-likeness (QED) is 0.0716. The summed E-state index contributed by atoms with van der Waals surface area (Å²) in [5.41, 5.74) is 3.64. The number of benzene rings is 4. The SMILES string of the molecule is COc1ccc(Cc2csc(N3CCN(S(=O)(=O)c4c(F)c(F)c(F)c(F)c4F)CC3)n2)cc1.O=S(=O)(c1c(F)c(F)c(F)c(F)c1F)N1CCN(c2nc(Cc3ccc(Cl)cc3)cs2)CC1. The molecule has 0 bridgehead atoms. The second-order valence-electron chi connectivity index (χ2n) is 14.7. The number of anilines is 2. The summed E-state index contributed by atoms with van der Waals surface area (Å²) in [5.74, 6) is -22.8. The van der Waals surface area contributed by atoms with Crippen molar-refractivity contribution in [3.05, 3.63) is 145 Å². The summed E-state index contributed by atoms with van der Waals surface area (Å²) < 4.78 is 194. The lowest BCUT2D eigenvalue weighted by molar-refractivity contribution is 0.344. The van der Waals surface area contributed by atoms with Gasteiger partial charge in [-0.15, -0.1) is 22.7 Å². The van der Waals surface area contributed by atoms with E-state index in [1.165, 1.54) is 22.7 Å². The fourth-order valence-electron chi connectivity index (χ4n) is 6.93. The van der Waals surface area contributed by atoms with Gasteiger partial charge in [-0.05, 0) is 35.4 Å². The Hall–Kier alpha value is -5.05. The first kappa shape index (κ1) is 49.8. The second kappa shape index (κ2) is 20.3. The fourth-order valence-corrected chi connectivity index (χ4v) is 11.9. The minimum atomic E-state index is -4.95. The number of rotatable bonds is 11. The molecule has 4 heterocycles. The highest BCUT2D eigenvalue weighted by Crippen LogP contribution is 2.33. The van der Waals surface area contributed by atoms with E-state index in [9.17, 15) is 60.7 Å².